The highest BCUT2D eigenvalue weighted by Gasteiger charge is 2.14. The molecule has 1 heterocycles. The van der Waals surface area contributed by atoms with Gasteiger partial charge in [0, 0.05) is 31.5 Å². The number of aromatic nitrogens is 1. The van der Waals surface area contributed by atoms with Gasteiger partial charge in [0.05, 0.1) is 6.10 Å². The van der Waals surface area contributed by atoms with Crippen LogP contribution >= 0.6 is 0 Å². The average molecular weight is 279 g/mol. The van der Waals surface area contributed by atoms with E-state index in [4.69, 9.17) is 0 Å². The maximum absolute atomic E-state index is 12.2. The summed E-state index contributed by atoms with van der Waals surface area (Å²) < 4.78 is 0. The van der Waals surface area contributed by atoms with E-state index in [1.54, 1.807) is 23.2 Å². The molecule has 2 N–H and O–H groups in total. The Morgan fingerprint density at radius 2 is 2.05 bits per heavy atom. The lowest BCUT2D eigenvalue weighted by Gasteiger charge is -2.19. The maximum Gasteiger partial charge on any atom is 0.272 e. The first kappa shape index (κ1) is 16.4. The van der Waals surface area contributed by atoms with E-state index in [1.807, 2.05) is 27.7 Å². The molecule has 0 bridgehead atoms. The molecule has 5 nitrogen and oxygen atoms in total. The molecule has 0 aliphatic rings. The van der Waals surface area contributed by atoms with E-state index in [0.29, 0.717) is 25.3 Å². The zero-order chi connectivity index (χ0) is 15.1. The van der Waals surface area contributed by atoms with Crippen molar-refractivity contribution in [2.45, 2.75) is 33.8 Å². The van der Waals surface area contributed by atoms with Gasteiger partial charge < -0.3 is 15.3 Å². The third kappa shape index (κ3) is 4.49. The molecule has 1 amide bonds. The summed E-state index contributed by atoms with van der Waals surface area (Å²) in [5.74, 6) is 0.129. The Kier molecular flexibility index (Phi) is 6.45. The molecule has 0 aromatic carbocycles. The van der Waals surface area contributed by atoms with Crippen molar-refractivity contribution in [3.63, 3.8) is 0 Å². The molecule has 1 unspecified atom stereocenters. The topological polar surface area (TPSA) is 65.5 Å². The van der Waals surface area contributed by atoms with Gasteiger partial charge in [-0.25, -0.2) is 0 Å². The number of hydrogen-bond acceptors (Lipinski definition) is 4. The summed E-state index contributed by atoms with van der Waals surface area (Å²) in [7, 11) is 0. The number of aliphatic hydroxyl groups excluding tert-OH is 1. The van der Waals surface area contributed by atoms with Crippen LogP contribution in [0.3, 0.4) is 0 Å². The van der Waals surface area contributed by atoms with Gasteiger partial charge in [-0.3, -0.25) is 9.78 Å². The van der Waals surface area contributed by atoms with Crippen LogP contribution in [0.15, 0.2) is 18.3 Å². The number of hydrogen-bond donors (Lipinski definition) is 2. The Labute approximate surface area is 121 Å². The van der Waals surface area contributed by atoms with Crippen molar-refractivity contribution in [1.82, 2.24) is 9.88 Å². The second kappa shape index (κ2) is 7.85. The number of nitrogens with one attached hydrogen (secondary N) is 1. The fraction of sp³-hybridized carbons (Fsp3) is 0.600. The number of nitrogens with zero attached hydrogens (tertiary/aromatic N) is 2. The van der Waals surface area contributed by atoms with Gasteiger partial charge in [-0.15, -0.1) is 0 Å². The molecular weight excluding hydrogens is 254 g/mol. The minimum Gasteiger partial charge on any atom is -0.391 e. The fourth-order valence-electron chi connectivity index (χ4n) is 1.79. The number of aliphatic hydroxyl groups is 1. The van der Waals surface area contributed by atoms with E-state index >= 15 is 0 Å². The molecule has 1 aromatic heterocycles. The summed E-state index contributed by atoms with van der Waals surface area (Å²) in [6, 6.07) is 3.53. The molecule has 1 atom stereocenters. The van der Waals surface area contributed by atoms with Gasteiger partial charge in [-0.1, -0.05) is 13.8 Å². The second-order valence-electron chi connectivity index (χ2n) is 5.10. The zero-order valence-electron chi connectivity index (χ0n) is 12.8. The molecule has 0 radical (unpaired) electrons. The summed E-state index contributed by atoms with van der Waals surface area (Å²) in [5.41, 5.74) is 1.23. The number of rotatable bonds is 7. The lowest BCUT2D eigenvalue weighted by atomic mass is 10.1. The Morgan fingerprint density at radius 3 is 2.60 bits per heavy atom. The van der Waals surface area contributed by atoms with E-state index in [2.05, 4.69) is 10.3 Å². The predicted octanol–water partition coefficient (Wildman–Crippen LogP) is 1.99. The Bertz CT molecular complexity index is 431. The van der Waals surface area contributed by atoms with Crippen LogP contribution in [0.25, 0.3) is 0 Å². The molecule has 20 heavy (non-hydrogen) atoms. The molecular formula is C15H25N3O2. The van der Waals surface area contributed by atoms with Gasteiger partial charge in [0.15, 0.2) is 0 Å². The quantitative estimate of drug-likeness (QED) is 0.801. The number of carbonyl (C=O) groups excluding carboxylic acids is 1. The van der Waals surface area contributed by atoms with E-state index < -0.39 is 6.10 Å². The minimum atomic E-state index is -0.412. The van der Waals surface area contributed by atoms with Crippen molar-refractivity contribution in [2.24, 2.45) is 5.92 Å². The van der Waals surface area contributed by atoms with E-state index in [-0.39, 0.29) is 11.8 Å². The van der Waals surface area contributed by atoms with Gasteiger partial charge in [-0.05, 0) is 31.9 Å². The molecule has 5 heteroatoms. The van der Waals surface area contributed by atoms with Crippen LogP contribution in [0, 0.1) is 5.92 Å². The fourth-order valence-corrected chi connectivity index (χ4v) is 1.79. The molecule has 0 saturated heterocycles. The Morgan fingerprint density at radius 1 is 1.40 bits per heavy atom. The first-order valence-corrected chi connectivity index (χ1v) is 7.16. The van der Waals surface area contributed by atoms with Crippen molar-refractivity contribution < 1.29 is 9.90 Å². The number of carbonyl (C=O) groups is 1. The molecule has 0 spiro atoms. The molecule has 1 rings (SSSR count). The molecule has 0 fully saturated rings. The van der Waals surface area contributed by atoms with Crippen LogP contribution < -0.4 is 5.32 Å². The summed E-state index contributed by atoms with van der Waals surface area (Å²) in [6.07, 6.45) is 1.20. The highest BCUT2D eigenvalue weighted by Crippen LogP contribution is 2.11. The lowest BCUT2D eigenvalue weighted by molar-refractivity contribution is 0.0767. The highest BCUT2D eigenvalue weighted by molar-refractivity contribution is 5.93. The van der Waals surface area contributed by atoms with Gasteiger partial charge in [-0.2, -0.15) is 0 Å². The SMILES string of the molecule is CCN(CC)C(=O)c1cc(NCC(O)C(C)C)ccn1. The summed E-state index contributed by atoms with van der Waals surface area (Å²) >= 11 is 0. The van der Waals surface area contributed by atoms with E-state index in [9.17, 15) is 9.90 Å². The van der Waals surface area contributed by atoms with Crippen molar-refractivity contribution in [3.05, 3.63) is 24.0 Å². The first-order valence-electron chi connectivity index (χ1n) is 7.16. The van der Waals surface area contributed by atoms with Crippen LogP contribution in [0.4, 0.5) is 5.69 Å². The van der Waals surface area contributed by atoms with Crippen molar-refractivity contribution >= 4 is 11.6 Å². The Balaban J connectivity index is 2.73. The van der Waals surface area contributed by atoms with Crippen LogP contribution in [-0.2, 0) is 0 Å². The van der Waals surface area contributed by atoms with Crippen molar-refractivity contribution in [1.29, 1.82) is 0 Å². The van der Waals surface area contributed by atoms with E-state index in [0.717, 1.165) is 5.69 Å². The predicted molar refractivity (Wildman–Crippen MR) is 80.8 cm³/mol. The minimum absolute atomic E-state index is 0.0666. The number of pyridine rings is 1. The summed E-state index contributed by atoms with van der Waals surface area (Å²) in [5, 5.41) is 12.9. The van der Waals surface area contributed by atoms with Crippen molar-refractivity contribution in [3.8, 4) is 0 Å². The van der Waals surface area contributed by atoms with Crippen LogP contribution in [0.1, 0.15) is 38.2 Å². The van der Waals surface area contributed by atoms with Gasteiger partial charge in [0.1, 0.15) is 5.69 Å². The highest BCUT2D eigenvalue weighted by atomic mass is 16.3. The van der Waals surface area contributed by atoms with Crippen LogP contribution in [0.2, 0.25) is 0 Å². The smallest absolute Gasteiger partial charge is 0.272 e. The summed E-state index contributed by atoms with van der Waals surface area (Å²) in [6.45, 7) is 9.62. The normalized spacial score (nSPS) is 12.3. The zero-order valence-corrected chi connectivity index (χ0v) is 12.8. The molecule has 112 valence electrons. The van der Waals surface area contributed by atoms with E-state index in [1.165, 1.54) is 0 Å². The summed E-state index contributed by atoms with van der Waals surface area (Å²) in [4.78, 5) is 18.0. The van der Waals surface area contributed by atoms with Gasteiger partial charge in [0.2, 0.25) is 0 Å². The average Bonchev–Trinajstić information content (AvgIpc) is 2.46. The second-order valence-corrected chi connectivity index (χ2v) is 5.10. The standard InChI is InChI=1S/C15H25N3O2/c1-5-18(6-2)15(20)13-9-12(7-8-16-13)17-10-14(19)11(3)4/h7-9,11,14,19H,5-6,10H2,1-4H3,(H,16,17). The number of amides is 1. The molecule has 0 aliphatic carbocycles. The Hall–Kier alpha value is -1.62. The number of anilines is 1. The lowest BCUT2D eigenvalue weighted by Crippen LogP contribution is -2.31. The molecule has 0 aliphatic heterocycles. The monoisotopic (exact) mass is 279 g/mol. The first-order chi connectivity index (χ1) is 9.49. The third-order valence-corrected chi connectivity index (χ3v) is 3.31. The van der Waals surface area contributed by atoms with Crippen LogP contribution in [0.5, 0.6) is 0 Å². The molecule has 1 aromatic rings. The molecule has 0 saturated carbocycles. The van der Waals surface area contributed by atoms with Gasteiger partial charge in [0.25, 0.3) is 5.91 Å². The largest absolute Gasteiger partial charge is 0.391 e. The maximum atomic E-state index is 12.2. The van der Waals surface area contributed by atoms with Crippen LogP contribution in [-0.4, -0.2) is 46.6 Å². The third-order valence-electron chi connectivity index (χ3n) is 3.31. The van der Waals surface area contributed by atoms with Crippen molar-refractivity contribution in [2.75, 3.05) is 25.0 Å². The van der Waals surface area contributed by atoms with Gasteiger partial charge >= 0.3 is 0 Å².